The van der Waals surface area contributed by atoms with Gasteiger partial charge in [-0.25, -0.2) is 0 Å². The summed E-state index contributed by atoms with van der Waals surface area (Å²) < 4.78 is 7.64. The molecule has 2 unspecified atom stereocenters. The van der Waals surface area contributed by atoms with E-state index < -0.39 is 0 Å². The van der Waals surface area contributed by atoms with E-state index >= 15 is 0 Å². The molecule has 2 atom stereocenters. The largest absolute Gasteiger partial charge is 0.260 e. The van der Waals surface area contributed by atoms with E-state index in [0.717, 1.165) is 6.04 Å². The molecule has 0 aliphatic carbocycles. The first-order valence-corrected chi connectivity index (χ1v) is 5.89. The van der Waals surface area contributed by atoms with Crippen LogP contribution in [0.4, 0.5) is 0 Å². The van der Waals surface area contributed by atoms with Crippen molar-refractivity contribution in [3.05, 3.63) is 0 Å². The third-order valence-electron chi connectivity index (χ3n) is 2.77. The molecule has 3 nitrogen and oxygen atoms in total. The average molecular weight is 187 g/mol. The first kappa shape index (κ1) is 8.89. The van der Waals surface area contributed by atoms with Gasteiger partial charge in [-0.3, -0.25) is 14.0 Å². The van der Waals surface area contributed by atoms with Crippen molar-refractivity contribution < 1.29 is 0 Å². The van der Waals surface area contributed by atoms with Gasteiger partial charge in [0.15, 0.2) is 0 Å². The topological polar surface area (TPSA) is 9.49 Å². The monoisotopic (exact) mass is 187 g/mol. The van der Waals surface area contributed by atoms with E-state index in [9.17, 15) is 0 Å². The van der Waals surface area contributed by atoms with Crippen molar-refractivity contribution in [2.45, 2.75) is 19.4 Å². The third kappa shape index (κ3) is 1.51. The van der Waals surface area contributed by atoms with Crippen molar-refractivity contribution in [2.24, 2.45) is 0 Å². The zero-order valence-corrected chi connectivity index (χ0v) is 9.09. The molecule has 0 bridgehead atoms. The minimum atomic E-state index is -0.0814. The van der Waals surface area contributed by atoms with Gasteiger partial charge in [-0.05, 0) is 27.4 Å². The molecule has 2 aliphatic rings. The molecule has 2 aliphatic heterocycles. The van der Waals surface area contributed by atoms with E-state index in [4.69, 9.17) is 0 Å². The molecule has 2 saturated heterocycles. The second kappa shape index (κ2) is 3.22. The van der Waals surface area contributed by atoms with Crippen molar-refractivity contribution >= 4 is 8.37 Å². The van der Waals surface area contributed by atoms with Crippen LogP contribution >= 0.6 is 8.37 Å². The van der Waals surface area contributed by atoms with Crippen LogP contribution in [0.15, 0.2) is 0 Å². The summed E-state index contributed by atoms with van der Waals surface area (Å²) in [5, 5.41) is 0. The van der Waals surface area contributed by atoms with Gasteiger partial charge in [-0.1, -0.05) is 0 Å². The van der Waals surface area contributed by atoms with Gasteiger partial charge in [0.05, 0.1) is 0 Å². The molecule has 0 spiro atoms. The van der Waals surface area contributed by atoms with Crippen molar-refractivity contribution in [1.82, 2.24) is 14.0 Å². The van der Waals surface area contributed by atoms with Crippen molar-refractivity contribution in [2.75, 3.05) is 33.7 Å². The summed E-state index contributed by atoms with van der Waals surface area (Å²) in [7, 11) is 4.44. The molecule has 0 saturated carbocycles. The predicted octanol–water partition coefficient (Wildman–Crippen LogP) is 1.18. The fourth-order valence-electron chi connectivity index (χ4n) is 1.71. The van der Waals surface area contributed by atoms with Crippen LogP contribution in [0.1, 0.15) is 13.3 Å². The number of rotatable bonds is 1. The maximum atomic E-state index is 2.57. The smallest absolute Gasteiger partial charge is 0.120 e. The second-order valence-corrected chi connectivity index (χ2v) is 6.23. The maximum absolute atomic E-state index is 2.57. The lowest BCUT2D eigenvalue weighted by molar-refractivity contribution is 0.293. The number of hydrogen-bond acceptors (Lipinski definition) is 3. The Kier molecular flexibility index (Phi) is 2.39. The van der Waals surface area contributed by atoms with Gasteiger partial charge in [-0.2, -0.15) is 0 Å². The molecule has 2 fully saturated rings. The lowest BCUT2D eigenvalue weighted by Crippen LogP contribution is -2.40. The Morgan fingerprint density at radius 3 is 2.42 bits per heavy atom. The summed E-state index contributed by atoms with van der Waals surface area (Å²) in [5.74, 6) is 0. The molecule has 0 aromatic heterocycles. The molecule has 2 heterocycles. The molecule has 0 radical (unpaired) electrons. The van der Waals surface area contributed by atoms with Gasteiger partial charge in [0.25, 0.3) is 0 Å². The van der Waals surface area contributed by atoms with Crippen LogP contribution in [0.3, 0.4) is 0 Å². The minimum Gasteiger partial charge on any atom is -0.260 e. The SMILES string of the molecule is CC1CCN(C)P(N2CC2)N1C. The highest BCUT2D eigenvalue weighted by Crippen LogP contribution is 2.53. The molecular weight excluding hydrogens is 169 g/mol. The Bertz CT molecular complexity index is 172. The summed E-state index contributed by atoms with van der Waals surface area (Å²) in [6.45, 7) is 6.24. The lowest BCUT2D eigenvalue weighted by Gasteiger charge is -2.43. The first-order chi connectivity index (χ1) is 5.70. The summed E-state index contributed by atoms with van der Waals surface area (Å²) in [6, 6.07) is 0.771. The molecule has 0 aromatic carbocycles. The van der Waals surface area contributed by atoms with E-state index in [1.54, 1.807) is 0 Å². The van der Waals surface area contributed by atoms with Crippen LogP contribution < -0.4 is 0 Å². The van der Waals surface area contributed by atoms with E-state index in [0.29, 0.717) is 0 Å². The molecule has 2 rings (SSSR count). The Labute approximate surface area is 76.2 Å². The van der Waals surface area contributed by atoms with Crippen LogP contribution in [-0.2, 0) is 0 Å². The lowest BCUT2D eigenvalue weighted by atomic mass is 10.2. The third-order valence-corrected chi connectivity index (χ3v) is 5.45. The van der Waals surface area contributed by atoms with Gasteiger partial charge in [0.2, 0.25) is 0 Å². The predicted molar refractivity (Wildman–Crippen MR) is 53.0 cm³/mol. The normalized spacial score (nSPS) is 40.2. The Hall–Kier alpha value is 0.310. The fraction of sp³-hybridized carbons (Fsp3) is 1.00. The zero-order chi connectivity index (χ0) is 8.72. The highest BCUT2D eigenvalue weighted by molar-refractivity contribution is 7.50. The number of nitrogens with zero attached hydrogens (tertiary/aromatic N) is 3. The second-order valence-electron chi connectivity index (χ2n) is 3.81. The maximum Gasteiger partial charge on any atom is 0.120 e. The van der Waals surface area contributed by atoms with E-state index in [2.05, 4.69) is 35.0 Å². The highest BCUT2D eigenvalue weighted by Gasteiger charge is 2.38. The summed E-state index contributed by atoms with van der Waals surface area (Å²) in [5.41, 5.74) is 0. The quantitative estimate of drug-likeness (QED) is 0.451. The Balaban J connectivity index is 2.04. The van der Waals surface area contributed by atoms with Gasteiger partial charge in [0.1, 0.15) is 8.37 Å². The van der Waals surface area contributed by atoms with Crippen LogP contribution in [0.25, 0.3) is 0 Å². The van der Waals surface area contributed by atoms with Gasteiger partial charge >= 0.3 is 0 Å². The van der Waals surface area contributed by atoms with E-state index in [1.165, 1.54) is 26.1 Å². The summed E-state index contributed by atoms with van der Waals surface area (Å²) in [4.78, 5) is 0. The standard InChI is InChI=1S/C8H18N3P/c1-8-4-5-9(2)12(10(8)3)11-6-7-11/h8H,4-7H2,1-3H3. The summed E-state index contributed by atoms with van der Waals surface area (Å²) in [6.07, 6.45) is 1.32. The van der Waals surface area contributed by atoms with Crippen molar-refractivity contribution in [1.29, 1.82) is 0 Å². The van der Waals surface area contributed by atoms with Gasteiger partial charge < -0.3 is 0 Å². The van der Waals surface area contributed by atoms with Crippen molar-refractivity contribution in [3.8, 4) is 0 Å². The molecule has 4 heteroatoms. The molecule has 70 valence electrons. The molecule has 0 aromatic rings. The zero-order valence-electron chi connectivity index (χ0n) is 8.19. The first-order valence-electron chi connectivity index (χ1n) is 4.69. The Morgan fingerprint density at radius 1 is 1.17 bits per heavy atom. The van der Waals surface area contributed by atoms with Gasteiger partial charge in [0, 0.05) is 25.7 Å². The van der Waals surface area contributed by atoms with Crippen LogP contribution in [-0.4, -0.2) is 53.8 Å². The van der Waals surface area contributed by atoms with Crippen LogP contribution in [0, 0.1) is 0 Å². The molecular formula is C8H18N3P. The molecule has 0 amide bonds. The van der Waals surface area contributed by atoms with Crippen molar-refractivity contribution in [3.63, 3.8) is 0 Å². The average Bonchev–Trinajstić information content (AvgIpc) is 2.81. The molecule has 0 N–H and O–H groups in total. The van der Waals surface area contributed by atoms with Crippen LogP contribution in [0.2, 0.25) is 0 Å². The fourth-order valence-corrected chi connectivity index (χ4v) is 4.23. The number of hydrogen-bond donors (Lipinski definition) is 0. The van der Waals surface area contributed by atoms with Gasteiger partial charge in [-0.15, -0.1) is 0 Å². The summed E-state index contributed by atoms with van der Waals surface area (Å²) >= 11 is 0. The highest BCUT2D eigenvalue weighted by atomic mass is 31.2. The molecule has 12 heavy (non-hydrogen) atoms. The van der Waals surface area contributed by atoms with E-state index in [1.807, 2.05) is 0 Å². The van der Waals surface area contributed by atoms with Crippen LogP contribution in [0.5, 0.6) is 0 Å². The van der Waals surface area contributed by atoms with E-state index in [-0.39, 0.29) is 8.37 Å². The minimum absolute atomic E-state index is 0.0814. The Morgan fingerprint density at radius 2 is 1.83 bits per heavy atom.